The molecule has 8 bridgehead atoms. The van der Waals surface area contributed by atoms with E-state index in [0.29, 0.717) is 56.5 Å². The summed E-state index contributed by atoms with van der Waals surface area (Å²) in [6, 6.07) is 20.5. The number of halogens is 2. The molecule has 0 aliphatic carbocycles. The largest absolute Gasteiger partial charge is 2.00 e. The van der Waals surface area contributed by atoms with E-state index in [1.807, 2.05) is 84.2 Å². The fourth-order valence-electron chi connectivity index (χ4n) is 6.58. The Morgan fingerprint density at radius 1 is 0.471 bits per heavy atom. The van der Waals surface area contributed by atoms with Gasteiger partial charge in [-0.2, -0.15) is 0 Å². The summed E-state index contributed by atoms with van der Waals surface area (Å²) in [5.41, 5.74) is 9.77. The molecule has 0 saturated heterocycles. The Morgan fingerprint density at radius 2 is 0.804 bits per heavy atom. The van der Waals surface area contributed by atoms with Crippen molar-refractivity contribution in [2.75, 3.05) is 0 Å². The molecule has 0 N–H and O–H groups in total. The van der Waals surface area contributed by atoms with E-state index in [2.05, 4.69) is 9.97 Å². The van der Waals surface area contributed by atoms with Crippen LogP contribution in [-0.4, -0.2) is 29.1 Å². The number of aryl methyl sites for hydroxylation is 2. The number of hydrogen-bond donors (Lipinski definition) is 0. The summed E-state index contributed by atoms with van der Waals surface area (Å²) in [5.74, 6) is 0.699. The minimum Gasteiger partial charge on any atom is -0.657 e. The third-order valence-electron chi connectivity index (χ3n) is 8.96. The van der Waals surface area contributed by atoms with Gasteiger partial charge in [0, 0.05) is 50.0 Å². The number of nitrogens with zero attached hydrogens (tertiary/aromatic N) is 8. The van der Waals surface area contributed by atoms with Gasteiger partial charge < -0.3 is 19.1 Å². The van der Waals surface area contributed by atoms with Gasteiger partial charge >= 0.3 is 17.1 Å². The van der Waals surface area contributed by atoms with Crippen molar-refractivity contribution < 1.29 is 25.8 Å². The molecule has 0 unspecified atom stereocenters. The van der Waals surface area contributed by atoms with E-state index in [1.165, 1.54) is 24.3 Å². The number of imidazole rings is 2. The first-order valence-corrected chi connectivity index (χ1v) is 15.9. The fourth-order valence-corrected chi connectivity index (χ4v) is 6.58. The fraction of sp³-hybridized carbons (Fsp3) is 0.0500. The van der Waals surface area contributed by atoms with Crippen LogP contribution < -0.4 is 9.97 Å². The zero-order valence-electron chi connectivity index (χ0n) is 27.3. The molecule has 2 aromatic carbocycles. The maximum Gasteiger partial charge on any atom is 2.00 e. The zero-order chi connectivity index (χ0) is 33.9. The summed E-state index contributed by atoms with van der Waals surface area (Å²) >= 11 is 0. The molecule has 0 atom stereocenters. The van der Waals surface area contributed by atoms with Gasteiger partial charge in [-0.3, -0.25) is 0 Å². The standard InChI is InChI=1S/C40H26F2N8.Mn/c1-49-21-19-43-39(49)37-31-15-11-27(45-31)35(23-3-7-25(41)8-4-23)29-13-17-33(47-29)38(40-44-20-22-50(40)2)34-18-14-30(48-34)36(28-12-16-32(37)46-28)24-5-9-26(42)10-6-24;/h3-22H,1-2H3;/q-2;+2. The minimum absolute atomic E-state index is 0. The van der Waals surface area contributed by atoms with E-state index < -0.39 is 0 Å². The van der Waals surface area contributed by atoms with Crippen LogP contribution in [-0.2, 0) is 31.2 Å². The summed E-state index contributed by atoms with van der Waals surface area (Å²) in [7, 11) is 3.85. The van der Waals surface area contributed by atoms with Crippen molar-refractivity contribution in [2.45, 2.75) is 0 Å². The van der Waals surface area contributed by atoms with Gasteiger partial charge in [-0.25, -0.2) is 28.7 Å². The number of rotatable bonds is 4. The molecule has 8 nitrogen and oxygen atoms in total. The van der Waals surface area contributed by atoms with Crippen molar-refractivity contribution in [3.8, 4) is 45.0 Å². The molecule has 7 aromatic rings. The molecule has 9 rings (SSSR count). The molecule has 1 radical (unpaired) electrons. The Hall–Kier alpha value is -6.16. The van der Waals surface area contributed by atoms with Crippen LogP contribution >= 0.6 is 0 Å². The van der Waals surface area contributed by atoms with Crippen LogP contribution in [0.5, 0.6) is 0 Å². The second-order valence-electron chi connectivity index (χ2n) is 12.1. The Kier molecular flexibility index (Phi) is 7.94. The molecule has 0 amide bonds. The summed E-state index contributed by atoms with van der Waals surface area (Å²) < 4.78 is 32.2. The Bertz CT molecular complexity index is 2510. The quantitative estimate of drug-likeness (QED) is 0.171. The summed E-state index contributed by atoms with van der Waals surface area (Å²) in [6.07, 6.45) is 15.0. The molecule has 0 saturated carbocycles. The molecule has 0 fully saturated rings. The second-order valence-corrected chi connectivity index (χ2v) is 12.1. The molecule has 0 spiro atoms. The van der Waals surface area contributed by atoms with Gasteiger partial charge in [-0.15, -0.1) is 22.1 Å². The minimum atomic E-state index is -0.335. The SMILES string of the molecule is Cn1ccnc1-c1c2nc(c(-c3ccc(F)cc3)c3ccc([n-]3)c(-c3nccn3C)c3nc(c(-c4ccc(F)cc4)c4ccc1[n-]4)C=C3)C=C2.[Mn+2]. The van der Waals surface area contributed by atoms with Gasteiger partial charge in [0.2, 0.25) is 0 Å². The van der Waals surface area contributed by atoms with Crippen LogP contribution in [0.25, 0.3) is 91.4 Å². The second kappa shape index (κ2) is 12.6. The Balaban J connectivity index is 0.00000374. The van der Waals surface area contributed by atoms with Gasteiger partial charge in [0.25, 0.3) is 0 Å². The van der Waals surface area contributed by atoms with Crippen molar-refractivity contribution in [2.24, 2.45) is 14.1 Å². The van der Waals surface area contributed by atoms with E-state index >= 15 is 0 Å². The van der Waals surface area contributed by atoms with Crippen molar-refractivity contribution in [3.05, 3.63) is 132 Å². The average Bonchev–Trinajstić information content (AvgIpc) is 3.97. The molecule has 51 heavy (non-hydrogen) atoms. The maximum atomic E-state index is 14.2. The van der Waals surface area contributed by atoms with Crippen LogP contribution in [0.4, 0.5) is 8.78 Å². The number of hydrogen-bond acceptors (Lipinski definition) is 4. The molecular formula is C40H26F2MnN8. The zero-order valence-corrected chi connectivity index (χ0v) is 28.4. The molecular weight excluding hydrogens is 685 g/mol. The van der Waals surface area contributed by atoms with Crippen molar-refractivity contribution in [3.63, 3.8) is 0 Å². The number of aromatic nitrogens is 8. The van der Waals surface area contributed by atoms with E-state index in [4.69, 9.17) is 19.9 Å². The Labute approximate surface area is 301 Å². The van der Waals surface area contributed by atoms with E-state index in [0.717, 1.165) is 33.4 Å². The first-order chi connectivity index (χ1) is 24.4. The van der Waals surface area contributed by atoms with E-state index in [-0.39, 0.29) is 28.7 Å². The third-order valence-corrected chi connectivity index (χ3v) is 8.96. The van der Waals surface area contributed by atoms with Crippen LogP contribution in [0, 0.1) is 11.6 Å². The molecule has 7 heterocycles. The van der Waals surface area contributed by atoms with E-state index in [9.17, 15) is 8.78 Å². The van der Waals surface area contributed by atoms with Crippen molar-refractivity contribution in [1.29, 1.82) is 0 Å². The van der Waals surface area contributed by atoms with Gasteiger partial charge in [-0.1, -0.05) is 48.5 Å². The van der Waals surface area contributed by atoms with Crippen LogP contribution in [0.3, 0.4) is 0 Å². The van der Waals surface area contributed by atoms with Gasteiger partial charge in [0.15, 0.2) is 0 Å². The molecule has 247 valence electrons. The van der Waals surface area contributed by atoms with E-state index in [1.54, 1.807) is 36.7 Å². The van der Waals surface area contributed by atoms with Gasteiger partial charge in [0.05, 0.1) is 22.8 Å². The maximum absolute atomic E-state index is 14.2. The van der Waals surface area contributed by atoms with Crippen LogP contribution in [0.2, 0.25) is 0 Å². The normalized spacial score (nSPS) is 12.0. The summed E-state index contributed by atoms with van der Waals surface area (Å²) in [5, 5.41) is 0. The predicted octanol–water partition coefficient (Wildman–Crippen LogP) is 8.32. The molecule has 2 aliphatic heterocycles. The van der Waals surface area contributed by atoms with Crippen molar-refractivity contribution >= 4 is 46.4 Å². The smallest absolute Gasteiger partial charge is 0.657 e. The first kappa shape index (κ1) is 32.1. The van der Waals surface area contributed by atoms with Crippen LogP contribution in [0.15, 0.2) is 97.6 Å². The average molecular weight is 712 g/mol. The summed E-state index contributed by atoms with van der Waals surface area (Å²) in [6.45, 7) is 0. The topological polar surface area (TPSA) is 89.6 Å². The molecule has 2 aliphatic rings. The molecule has 5 aromatic heterocycles. The third kappa shape index (κ3) is 5.53. The Morgan fingerprint density at radius 3 is 1.14 bits per heavy atom. The van der Waals surface area contributed by atoms with Gasteiger partial charge in [-0.05, 0) is 70.8 Å². The van der Waals surface area contributed by atoms with Crippen LogP contribution in [0.1, 0.15) is 22.8 Å². The van der Waals surface area contributed by atoms with Gasteiger partial charge in [0.1, 0.15) is 23.3 Å². The monoisotopic (exact) mass is 711 g/mol. The predicted molar refractivity (Wildman–Crippen MR) is 192 cm³/mol. The number of benzene rings is 2. The summed E-state index contributed by atoms with van der Waals surface area (Å²) in [4.78, 5) is 30.0. The molecule has 11 heteroatoms. The number of fused-ring (bicyclic) bond motifs is 8. The first-order valence-electron chi connectivity index (χ1n) is 15.9. The van der Waals surface area contributed by atoms with Crippen molar-refractivity contribution in [1.82, 2.24) is 39.0 Å².